The molecule has 0 N–H and O–H groups in total. The summed E-state index contributed by atoms with van der Waals surface area (Å²) in [5.74, 6) is 0.493. The number of carbonyl (C=O) groups is 1. The van der Waals surface area contributed by atoms with Crippen molar-refractivity contribution in [1.29, 1.82) is 0 Å². The normalized spacial score (nSPS) is 11.9. The van der Waals surface area contributed by atoms with E-state index in [2.05, 4.69) is 35.5 Å². The predicted octanol–water partition coefficient (Wildman–Crippen LogP) is 4.50. The molecule has 0 aliphatic carbocycles. The first kappa shape index (κ1) is 20.3. The average molecular weight is 399 g/mol. The molecule has 0 bridgehead atoms. The number of carbonyl (C=O) groups excluding carboxylic acids is 1. The minimum atomic E-state index is -0.255. The molecule has 148 valence electrons. The second-order valence-corrected chi connectivity index (χ2v) is 7.55. The minimum absolute atomic E-state index is 0.255. The number of benzene rings is 2. The number of hydrogen-bond acceptors (Lipinski definition) is 4. The van der Waals surface area contributed by atoms with Gasteiger partial charge >= 0.3 is 0 Å². The smallest absolute Gasteiger partial charge is 0.279 e. The van der Waals surface area contributed by atoms with Crippen molar-refractivity contribution in [2.24, 2.45) is 4.99 Å². The molecule has 6 heteroatoms. The van der Waals surface area contributed by atoms with Gasteiger partial charge in [0.25, 0.3) is 5.91 Å². The summed E-state index contributed by atoms with van der Waals surface area (Å²) in [5, 5.41) is 0. The molecule has 1 amide bonds. The van der Waals surface area contributed by atoms with Crippen molar-refractivity contribution >= 4 is 27.5 Å². The first-order valence-corrected chi connectivity index (χ1v) is 10.3. The van der Waals surface area contributed by atoms with Gasteiger partial charge in [0.15, 0.2) is 4.80 Å². The van der Waals surface area contributed by atoms with Crippen LogP contribution in [-0.4, -0.2) is 30.3 Å². The molecular formula is C22H26N2O3S. The van der Waals surface area contributed by atoms with Gasteiger partial charge in [-0.1, -0.05) is 17.4 Å². The Morgan fingerprint density at radius 1 is 1.11 bits per heavy atom. The number of amides is 1. The second kappa shape index (κ2) is 9.17. The zero-order valence-electron chi connectivity index (χ0n) is 16.8. The van der Waals surface area contributed by atoms with Crippen molar-refractivity contribution in [3.05, 3.63) is 57.9 Å². The number of thiazole rings is 1. The lowest BCUT2D eigenvalue weighted by Crippen LogP contribution is -2.20. The molecule has 0 unspecified atom stereocenters. The lowest BCUT2D eigenvalue weighted by Gasteiger charge is -2.08. The molecule has 3 aromatic rings. The van der Waals surface area contributed by atoms with Crippen LogP contribution in [0.1, 0.15) is 35.3 Å². The van der Waals surface area contributed by atoms with Crippen molar-refractivity contribution in [2.45, 2.75) is 34.2 Å². The number of rotatable bonds is 7. The van der Waals surface area contributed by atoms with Gasteiger partial charge in [0.1, 0.15) is 5.75 Å². The minimum Gasteiger partial charge on any atom is -0.494 e. The number of aromatic nitrogens is 1. The standard InChI is InChI=1S/C22H26N2O3S/c1-5-26-12-11-24-20-16(4)13-15(3)14-19(20)28-22(24)23-21(25)17-7-9-18(10-8-17)27-6-2/h7-10,13-14H,5-6,11-12H2,1-4H3. The molecule has 0 aliphatic heterocycles. The van der Waals surface area contributed by atoms with Gasteiger partial charge in [-0.05, 0) is 69.2 Å². The monoisotopic (exact) mass is 398 g/mol. The van der Waals surface area contributed by atoms with Gasteiger partial charge < -0.3 is 14.0 Å². The van der Waals surface area contributed by atoms with Crippen LogP contribution in [0.25, 0.3) is 10.2 Å². The van der Waals surface area contributed by atoms with E-state index in [-0.39, 0.29) is 5.91 Å². The molecule has 0 saturated heterocycles. The molecule has 0 spiro atoms. The van der Waals surface area contributed by atoms with Gasteiger partial charge in [-0.2, -0.15) is 4.99 Å². The van der Waals surface area contributed by atoms with Gasteiger partial charge in [0.2, 0.25) is 0 Å². The zero-order chi connectivity index (χ0) is 20.1. The van der Waals surface area contributed by atoms with Crippen LogP contribution in [0.5, 0.6) is 5.75 Å². The van der Waals surface area contributed by atoms with E-state index in [9.17, 15) is 4.79 Å². The number of hydrogen-bond donors (Lipinski definition) is 0. The molecule has 0 atom stereocenters. The Morgan fingerprint density at radius 2 is 1.86 bits per heavy atom. The van der Waals surface area contributed by atoms with Crippen LogP contribution in [0.15, 0.2) is 41.4 Å². The SMILES string of the molecule is CCOCCn1c(=NC(=O)c2ccc(OCC)cc2)sc2cc(C)cc(C)c21. The van der Waals surface area contributed by atoms with Crippen LogP contribution in [0.3, 0.4) is 0 Å². The first-order chi connectivity index (χ1) is 13.5. The topological polar surface area (TPSA) is 52.8 Å². The van der Waals surface area contributed by atoms with Crippen LogP contribution in [0.4, 0.5) is 0 Å². The first-order valence-electron chi connectivity index (χ1n) is 9.53. The van der Waals surface area contributed by atoms with E-state index in [4.69, 9.17) is 9.47 Å². The summed E-state index contributed by atoms with van der Waals surface area (Å²) in [6.45, 7) is 10.6. The number of fused-ring (bicyclic) bond motifs is 1. The van der Waals surface area contributed by atoms with E-state index in [1.165, 1.54) is 22.5 Å². The molecule has 0 fully saturated rings. The van der Waals surface area contributed by atoms with Crippen LogP contribution in [0, 0.1) is 13.8 Å². The fraction of sp³-hybridized carbons (Fsp3) is 0.364. The quantitative estimate of drug-likeness (QED) is 0.551. The summed E-state index contributed by atoms with van der Waals surface area (Å²) in [5.41, 5.74) is 4.05. The Bertz CT molecular complexity index is 1030. The van der Waals surface area contributed by atoms with Gasteiger partial charge in [0, 0.05) is 18.7 Å². The summed E-state index contributed by atoms with van der Waals surface area (Å²) in [7, 11) is 0. The van der Waals surface area contributed by atoms with Crippen molar-refractivity contribution in [3.63, 3.8) is 0 Å². The lowest BCUT2D eigenvalue weighted by atomic mass is 10.1. The third-order valence-electron chi connectivity index (χ3n) is 4.38. The molecule has 1 aromatic heterocycles. The van der Waals surface area contributed by atoms with Gasteiger partial charge in [-0.15, -0.1) is 0 Å². The van der Waals surface area contributed by atoms with E-state index in [1.54, 1.807) is 24.3 Å². The number of ether oxygens (including phenoxy) is 2. The molecular weight excluding hydrogens is 372 g/mol. The highest BCUT2D eigenvalue weighted by Gasteiger charge is 2.12. The maximum Gasteiger partial charge on any atom is 0.279 e. The lowest BCUT2D eigenvalue weighted by molar-refractivity contribution is 0.0996. The Labute approximate surface area is 169 Å². The highest BCUT2D eigenvalue weighted by atomic mass is 32.1. The Balaban J connectivity index is 2.03. The van der Waals surface area contributed by atoms with Crippen molar-refractivity contribution in [3.8, 4) is 5.75 Å². The van der Waals surface area contributed by atoms with Crippen molar-refractivity contribution < 1.29 is 14.3 Å². The summed E-state index contributed by atoms with van der Waals surface area (Å²) < 4.78 is 14.2. The molecule has 1 heterocycles. The Morgan fingerprint density at radius 3 is 2.54 bits per heavy atom. The zero-order valence-corrected chi connectivity index (χ0v) is 17.6. The number of nitrogens with zero attached hydrogens (tertiary/aromatic N) is 2. The predicted molar refractivity (Wildman–Crippen MR) is 113 cm³/mol. The fourth-order valence-electron chi connectivity index (χ4n) is 3.20. The van der Waals surface area contributed by atoms with E-state index < -0.39 is 0 Å². The van der Waals surface area contributed by atoms with Crippen LogP contribution < -0.4 is 9.54 Å². The van der Waals surface area contributed by atoms with Crippen LogP contribution in [0.2, 0.25) is 0 Å². The molecule has 0 saturated carbocycles. The maximum atomic E-state index is 12.7. The van der Waals surface area contributed by atoms with E-state index in [0.29, 0.717) is 36.7 Å². The summed E-state index contributed by atoms with van der Waals surface area (Å²) in [4.78, 5) is 17.9. The van der Waals surface area contributed by atoms with Gasteiger partial charge in [-0.3, -0.25) is 4.79 Å². The molecule has 0 aliphatic rings. The summed E-state index contributed by atoms with van der Waals surface area (Å²) >= 11 is 1.54. The fourth-order valence-corrected chi connectivity index (χ4v) is 4.43. The molecule has 2 aromatic carbocycles. The highest BCUT2D eigenvalue weighted by molar-refractivity contribution is 7.16. The third-order valence-corrected chi connectivity index (χ3v) is 5.41. The molecule has 28 heavy (non-hydrogen) atoms. The van der Waals surface area contributed by atoms with E-state index in [0.717, 1.165) is 16.0 Å². The molecule has 0 radical (unpaired) electrons. The summed E-state index contributed by atoms with van der Waals surface area (Å²) in [6.07, 6.45) is 0. The van der Waals surface area contributed by atoms with Crippen molar-refractivity contribution in [2.75, 3.05) is 19.8 Å². The third kappa shape index (κ3) is 4.51. The van der Waals surface area contributed by atoms with E-state index in [1.807, 2.05) is 13.8 Å². The Kier molecular flexibility index (Phi) is 6.65. The highest BCUT2D eigenvalue weighted by Crippen LogP contribution is 2.23. The molecule has 3 rings (SSSR count). The Hall–Kier alpha value is -2.44. The van der Waals surface area contributed by atoms with Crippen molar-refractivity contribution in [1.82, 2.24) is 4.57 Å². The maximum absolute atomic E-state index is 12.7. The second-order valence-electron chi connectivity index (χ2n) is 6.54. The summed E-state index contributed by atoms with van der Waals surface area (Å²) in [6, 6.07) is 11.4. The largest absolute Gasteiger partial charge is 0.494 e. The van der Waals surface area contributed by atoms with Crippen LogP contribution >= 0.6 is 11.3 Å². The average Bonchev–Trinajstić information content (AvgIpc) is 3.00. The van der Waals surface area contributed by atoms with Gasteiger partial charge in [0.05, 0.1) is 23.4 Å². The van der Waals surface area contributed by atoms with Crippen LogP contribution in [-0.2, 0) is 11.3 Å². The number of aryl methyl sites for hydroxylation is 2. The van der Waals surface area contributed by atoms with Gasteiger partial charge in [-0.25, -0.2) is 0 Å². The van der Waals surface area contributed by atoms with E-state index >= 15 is 0 Å². The molecule has 5 nitrogen and oxygen atoms in total.